The lowest BCUT2D eigenvalue weighted by Gasteiger charge is -2.10. The Morgan fingerprint density at radius 2 is 2.00 bits per heavy atom. The van der Waals surface area contributed by atoms with Crippen molar-refractivity contribution in [2.45, 2.75) is 30.7 Å². The van der Waals surface area contributed by atoms with Crippen molar-refractivity contribution in [1.29, 1.82) is 0 Å². The van der Waals surface area contributed by atoms with E-state index in [1.807, 2.05) is 19.9 Å². The zero-order chi connectivity index (χ0) is 14.0. The van der Waals surface area contributed by atoms with Crippen molar-refractivity contribution in [3.8, 4) is 0 Å². The Kier molecular flexibility index (Phi) is 3.85. The first-order valence-corrected chi connectivity index (χ1v) is 6.60. The lowest BCUT2D eigenvalue weighted by Crippen LogP contribution is -2.05. The molecule has 0 radical (unpaired) electrons. The molecule has 0 aliphatic rings. The molecule has 0 spiro atoms. The number of pyridine rings is 2. The van der Waals surface area contributed by atoms with Gasteiger partial charge < -0.3 is 5.11 Å². The van der Waals surface area contributed by atoms with Crippen LogP contribution in [0.3, 0.4) is 0 Å². The van der Waals surface area contributed by atoms with E-state index in [9.17, 15) is 9.90 Å². The highest BCUT2D eigenvalue weighted by Crippen LogP contribution is 2.32. The molecule has 98 valence electrons. The summed E-state index contributed by atoms with van der Waals surface area (Å²) in [6.45, 7) is 5.60. The van der Waals surface area contributed by atoms with E-state index in [1.54, 1.807) is 25.4 Å². The van der Waals surface area contributed by atoms with Crippen molar-refractivity contribution in [1.82, 2.24) is 9.97 Å². The summed E-state index contributed by atoms with van der Waals surface area (Å²) in [7, 11) is 0. The van der Waals surface area contributed by atoms with Gasteiger partial charge in [0.05, 0.1) is 5.56 Å². The van der Waals surface area contributed by atoms with Gasteiger partial charge in [0.25, 0.3) is 0 Å². The van der Waals surface area contributed by atoms with Gasteiger partial charge in [-0.05, 0) is 44.0 Å². The van der Waals surface area contributed by atoms with Gasteiger partial charge in [0, 0.05) is 23.0 Å². The normalized spacial score (nSPS) is 10.5. The van der Waals surface area contributed by atoms with Gasteiger partial charge in [-0.3, -0.25) is 4.98 Å². The summed E-state index contributed by atoms with van der Waals surface area (Å²) in [6.07, 6.45) is 3.45. The smallest absolute Gasteiger partial charge is 0.338 e. The summed E-state index contributed by atoms with van der Waals surface area (Å²) in [4.78, 5) is 20.7. The Labute approximate surface area is 115 Å². The van der Waals surface area contributed by atoms with Crippen LogP contribution in [0.5, 0.6) is 0 Å². The number of hydrogen-bond acceptors (Lipinski definition) is 4. The molecule has 2 heterocycles. The summed E-state index contributed by atoms with van der Waals surface area (Å²) >= 11 is 1.37. The number of aromatic carboxylic acids is 1. The van der Waals surface area contributed by atoms with E-state index in [-0.39, 0.29) is 5.56 Å². The number of nitrogens with zero attached hydrogens (tertiary/aromatic N) is 2. The van der Waals surface area contributed by atoms with Gasteiger partial charge in [-0.2, -0.15) is 0 Å². The first kappa shape index (κ1) is 13.5. The van der Waals surface area contributed by atoms with E-state index in [0.717, 1.165) is 21.7 Å². The van der Waals surface area contributed by atoms with Crippen molar-refractivity contribution in [2.75, 3.05) is 0 Å². The standard InChI is InChI=1S/C14H14N2O2S/c1-8-6-10(3)16-13(12(8)14(17)18)19-11-4-5-15-7-9(11)2/h4-7H,1-3H3,(H,17,18). The molecule has 5 heteroatoms. The Morgan fingerprint density at radius 3 is 2.63 bits per heavy atom. The molecule has 0 fully saturated rings. The van der Waals surface area contributed by atoms with Gasteiger partial charge in [-0.15, -0.1) is 0 Å². The third-order valence-electron chi connectivity index (χ3n) is 2.70. The Bertz CT molecular complexity index is 641. The van der Waals surface area contributed by atoms with Gasteiger partial charge in [0.2, 0.25) is 0 Å². The highest BCUT2D eigenvalue weighted by atomic mass is 32.2. The number of hydrogen-bond donors (Lipinski definition) is 1. The second-order valence-corrected chi connectivity index (χ2v) is 5.34. The molecule has 0 aliphatic heterocycles. The maximum Gasteiger partial charge on any atom is 0.338 e. The zero-order valence-electron chi connectivity index (χ0n) is 11.0. The molecule has 0 saturated carbocycles. The highest BCUT2D eigenvalue weighted by Gasteiger charge is 2.17. The SMILES string of the molecule is Cc1cc(C)c(C(=O)O)c(Sc2ccncc2C)n1. The largest absolute Gasteiger partial charge is 0.478 e. The van der Waals surface area contributed by atoms with Crippen LogP contribution in [0.1, 0.15) is 27.2 Å². The predicted molar refractivity (Wildman–Crippen MR) is 73.8 cm³/mol. The van der Waals surface area contributed by atoms with Crippen molar-refractivity contribution in [3.63, 3.8) is 0 Å². The fourth-order valence-corrected chi connectivity index (χ4v) is 2.91. The summed E-state index contributed by atoms with van der Waals surface area (Å²) in [5.74, 6) is -0.945. The Balaban J connectivity index is 2.51. The van der Waals surface area contributed by atoms with Crippen LogP contribution in [-0.4, -0.2) is 21.0 Å². The highest BCUT2D eigenvalue weighted by molar-refractivity contribution is 7.99. The van der Waals surface area contributed by atoms with Gasteiger partial charge in [0.15, 0.2) is 0 Å². The lowest BCUT2D eigenvalue weighted by molar-refractivity contribution is 0.0691. The maximum absolute atomic E-state index is 11.4. The van der Waals surface area contributed by atoms with Gasteiger partial charge in [-0.1, -0.05) is 11.8 Å². The van der Waals surface area contributed by atoms with E-state index in [1.165, 1.54) is 11.8 Å². The topological polar surface area (TPSA) is 63.1 Å². The quantitative estimate of drug-likeness (QED) is 0.930. The van der Waals surface area contributed by atoms with E-state index >= 15 is 0 Å². The molecule has 0 aromatic carbocycles. The molecule has 0 bridgehead atoms. The van der Waals surface area contributed by atoms with Crippen molar-refractivity contribution < 1.29 is 9.90 Å². The third kappa shape index (κ3) is 2.93. The van der Waals surface area contributed by atoms with Crippen LogP contribution in [0.15, 0.2) is 34.4 Å². The van der Waals surface area contributed by atoms with Crippen LogP contribution >= 0.6 is 11.8 Å². The minimum atomic E-state index is -0.945. The van der Waals surface area contributed by atoms with Crippen molar-refractivity contribution in [3.05, 3.63) is 46.9 Å². The minimum Gasteiger partial charge on any atom is -0.478 e. The number of carboxylic acids is 1. The van der Waals surface area contributed by atoms with E-state index in [4.69, 9.17) is 0 Å². The first-order chi connectivity index (χ1) is 8.99. The van der Waals surface area contributed by atoms with Crippen LogP contribution in [0.2, 0.25) is 0 Å². The van der Waals surface area contributed by atoms with E-state index in [2.05, 4.69) is 9.97 Å². The molecular formula is C14H14N2O2S. The number of rotatable bonds is 3. The van der Waals surface area contributed by atoms with Crippen LogP contribution < -0.4 is 0 Å². The molecule has 0 amide bonds. The Morgan fingerprint density at radius 1 is 1.26 bits per heavy atom. The predicted octanol–water partition coefficient (Wildman–Crippen LogP) is 3.25. The Hall–Kier alpha value is -1.88. The molecule has 2 rings (SSSR count). The fourth-order valence-electron chi connectivity index (χ4n) is 1.82. The van der Waals surface area contributed by atoms with Crippen LogP contribution in [-0.2, 0) is 0 Å². The van der Waals surface area contributed by atoms with E-state index < -0.39 is 5.97 Å². The summed E-state index contributed by atoms with van der Waals surface area (Å²) in [5.41, 5.74) is 2.82. The van der Waals surface area contributed by atoms with Crippen LogP contribution in [0.25, 0.3) is 0 Å². The average Bonchev–Trinajstić information content (AvgIpc) is 2.30. The number of carbonyl (C=O) groups is 1. The second-order valence-electron chi connectivity index (χ2n) is 4.31. The second kappa shape index (κ2) is 5.40. The maximum atomic E-state index is 11.4. The minimum absolute atomic E-state index is 0.270. The summed E-state index contributed by atoms with van der Waals surface area (Å²) in [6, 6.07) is 3.65. The van der Waals surface area contributed by atoms with Crippen LogP contribution in [0, 0.1) is 20.8 Å². The zero-order valence-corrected chi connectivity index (χ0v) is 11.8. The van der Waals surface area contributed by atoms with Crippen LogP contribution in [0.4, 0.5) is 0 Å². The summed E-state index contributed by atoms with van der Waals surface area (Å²) < 4.78 is 0. The van der Waals surface area contributed by atoms with Crippen molar-refractivity contribution in [2.24, 2.45) is 0 Å². The van der Waals surface area contributed by atoms with Gasteiger partial charge in [-0.25, -0.2) is 9.78 Å². The molecule has 1 N–H and O–H groups in total. The third-order valence-corrected chi connectivity index (χ3v) is 3.87. The molecule has 19 heavy (non-hydrogen) atoms. The van der Waals surface area contributed by atoms with E-state index in [0.29, 0.717) is 5.03 Å². The fraction of sp³-hybridized carbons (Fsp3) is 0.214. The summed E-state index contributed by atoms with van der Waals surface area (Å²) in [5, 5.41) is 9.85. The molecule has 2 aromatic rings. The van der Waals surface area contributed by atoms with Crippen molar-refractivity contribution >= 4 is 17.7 Å². The van der Waals surface area contributed by atoms with Gasteiger partial charge in [0.1, 0.15) is 5.03 Å². The number of carboxylic acid groups (broad SMARTS) is 1. The molecule has 0 aliphatic carbocycles. The lowest BCUT2D eigenvalue weighted by atomic mass is 10.1. The molecule has 0 saturated heterocycles. The molecule has 2 aromatic heterocycles. The monoisotopic (exact) mass is 274 g/mol. The van der Waals surface area contributed by atoms with Gasteiger partial charge >= 0.3 is 5.97 Å². The number of aryl methyl sites for hydroxylation is 3. The molecule has 0 unspecified atom stereocenters. The first-order valence-electron chi connectivity index (χ1n) is 5.79. The molecule has 0 atom stereocenters. The molecule has 4 nitrogen and oxygen atoms in total. The molecular weight excluding hydrogens is 260 g/mol. The number of aromatic nitrogens is 2. The average molecular weight is 274 g/mol.